The molecule has 0 aliphatic rings. The summed E-state index contributed by atoms with van der Waals surface area (Å²) in [6.07, 6.45) is 0. The number of H-pyrrole nitrogens is 1. The van der Waals surface area contributed by atoms with Gasteiger partial charge in [-0.25, -0.2) is 0 Å². The van der Waals surface area contributed by atoms with Gasteiger partial charge in [0.05, 0.1) is 17.1 Å². The van der Waals surface area contributed by atoms with E-state index in [0.29, 0.717) is 18.8 Å². The first kappa shape index (κ1) is 14.3. The minimum atomic E-state index is -0.212. The first-order chi connectivity index (χ1) is 10.8. The molecule has 0 saturated carbocycles. The van der Waals surface area contributed by atoms with Crippen molar-refractivity contribution in [2.75, 3.05) is 13.2 Å². The zero-order valence-corrected chi connectivity index (χ0v) is 12.6. The summed E-state index contributed by atoms with van der Waals surface area (Å²) in [6, 6.07) is 15.2. The number of carbonyl (C=O) groups is 1. The number of nitrogens with zero attached hydrogens (tertiary/aromatic N) is 1. The molecule has 5 nitrogen and oxygen atoms in total. The van der Waals surface area contributed by atoms with Crippen LogP contribution in [-0.2, 0) is 0 Å². The van der Waals surface area contributed by atoms with E-state index in [1.165, 1.54) is 0 Å². The lowest BCUT2D eigenvalue weighted by Crippen LogP contribution is -2.28. The average molecular weight is 313 g/mol. The molecule has 2 aromatic heterocycles. The Labute approximate surface area is 132 Å². The van der Waals surface area contributed by atoms with Crippen molar-refractivity contribution in [2.45, 2.75) is 0 Å². The van der Waals surface area contributed by atoms with Gasteiger partial charge in [0.15, 0.2) is 5.69 Å². The molecule has 0 fully saturated rings. The molecule has 2 heterocycles. The summed E-state index contributed by atoms with van der Waals surface area (Å²) < 4.78 is 5.52. The number of thiophene rings is 1. The standard InChI is InChI=1S/C16H15N3O2S/c20-16(17-8-9-21-12-5-2-1-3-6-12)14-11-13(18-19-14)15-7-4-10-22-15/h1-7,10-11H,8-9H2,(H,17,20)(H,18,19). The Morgan fingerprint density at radius 2 is 2.09 bits per heavy atom. The zero-order valence-electron chi connectivity index (χ0n) is 11.8. The number of ether oxygens (including phenoxy) is 1. The number of hydrogen-bond acceptors (Lipinski definition) is 4. The largest absolute Gasteiger partial charge is 0.492 e. The van der Waals surface area contributed by atoms with Crippen LogP contribution in [0, 0.1) is 0 Å². The maximum absolute atomic E-state index is 12.0. The fourth-order valence-corrected chi connectivity index (χ4v) is 2.63. The van der Waals surface area contributed by atoms with Crippen LogP contribution >= 0.6 is 11.3 Å². The van der Waals surface area contributed by atoms with Crippen LogP contribution < -0.4 is 10.1 Å². The van der Waals surface area contributed by atoms with Gasteiger partial charge >= 0.3 is 0 Å². The van der Waals surface area contributed by atoms with E-state index in [4.69, 9.17) is 4.74 Å². The van der Waals surface area contributed by atoms with E-state index in [2.05, 4.69) is 15.5 Å². The Kier molecular flexibility index (Phi) is 4.50. The third kappa shape index (κ3) is 3.53. The SMILES string of the molecule is O=C(NCCOc1ccccc1)c1cc(-c2cccs2)[nH]n1. The van der Waals surface area contributed by atoms with Crippen molar-refractivity contribution in [1.29, 1.82) is 0 Å². The lowest BCUT2D eigenvalue weighted by atomic mass is 10.3. The van der Waals surface area contributed by atoms with Crippen LogP contribution in [-0.4, -0.2) is 29.3 Å². The summed E-state index contributed by atoms with van der Waals surface area (Å²) in [5.74, 6) is 0.576. The van der Waals surface area contributed by atoms with Crippen LogP contribution in [0.5, 0.6) is 5.75 Å². The molecule has 0 radical (unpaired) electrons. The van der Waals surface area contributed by atoms with Gasteiger partial charge in [0.2, 0.25) is 0 Å². The minimum Gasteiger partial charge on any atom is -0.492 e. The molecule has 3 rings (SSSR count). The molecule has 2 N–H and O–H groups in total. The predicted molar refractivity (Wildman–Crippen MR) is 86.2 cm³/mol. The lowest BCUT2D eigenvalue weighted by molar-refractivity contribution is 0.0942. The molecule has 22 heavy (non-hydrogen) atoms. The monoisotopic (exact) mass is 313 g/mol. The number of hydrogen-bond donors (Lipinski definition) is 2. The maximum atomic E-state index is 12.0. The lowest BCUT2D eigenvalue weighted by Gasteiger charge is -2.06. The molecular formula is C16H15N3O2S. The van der Waals surface area contributed by atoms with Crippen LogP contribution in [0.2, 0.25) is 0 Å². The fraction of sp³-hybridized carbons (Fsp3) is 0.125. The van der Waals surface area contributed by atoms with Crippen molar-refractivity contribution in [3.8, 4) is 16.3 Å². The van der Waals surface area contributed by atoms with Gasteiger partial charge in [-0.1, -0.05) is 24.3 Å². The van der Waals surface area contributed by atoms with E-state index >= 15 is 0 Å². The van der Waals surface area contributed by atoms with Crippen molar-refractivity contribution in [3.05, 3.63) is 59.6 Å². The highest BCUT2D eigenvalue weighted by Crippen LogP contribution is 2.22. The highest BCUT2D eigenvalue weighted by molar-refractivity contribution is 7.13. The fourth-order valence-electron chi connectivity index (χ4n) is 1.94. The van der Waals surface area contributed by atoms with Gasteiger partial charge < -0.3 is 10.1 Å². The summed E-state index contributed by atoms with van der Waals surface area (Å²) in [4.78, 5) is 13.0. The summed E-state index contributed by atoms with van der Waals surface area (Å²) >= 11 is 1.60. The first-order valence-corrected chi connectivity index (χ1v) is 7.76. The van der Waals surface area contributed by atoms with E-state index in [9.17, 15) is 4.79 Å². The molecule has 0 bridgehead atoms. The molecule has 1 amide bonds. The van der Waals surface area contributed by atoms with Crippen molar-refractivity contribution in [1.82, 2.24) is 15.5 Å². The van der Waals surface area contributed by atoms with Crippen molar-refractivity contribution in [2.24, 2.45) is 0 Å². The average Bonchev–Trinajstić information content (AvgIpc) is 3.22. The maximum Gasteiger partial charge on any atom is 0.271 e. The summed E-state index contributed by atoms with van der Waals surface area (Å²) in [5, 5.41) is 11.7. The van der Waals surface area contributed by atoms with Crippen LogP contribution in [0.4, 0.5) is 0 Å². The second-order valence-electron chi connectivity index (χ2n) is 4.56. The Morgan fingerprint density at radius 1 is 1.23 bits per heavy atom. The molecule has 0 unspecified atom stereocenters. The molecule has 0 spiro atoms. The smallest absolute Gasteiger partial charge is 0.271 e. The van der Waals surface area contributed by atoms with E-state index in [-0.39, 0.29) is 5.91 Å². The van der Waals surface area contributed by atoms with Crippen molar-refractivity contribution in [3.63, 3.8) is 0 Å². The van der Waals surface area contributed by atoms with Crippen molar-refractivity contribution < 1.29 is 9.53 Å². The molecular weight excluding hydrogens is 298 g/mol. The molecule has 3 aromatic rings. The first-order valence-electron chi connectivity index (χ1n) is 6.88. The molecule has 0 saturated heterocycles. The third-order valence-corrected chi connectivity index (χ3v) is 3.90. The minimum absolute atomic E-state index is 0.212. The Balaban J connectivity index is 1.48. The van der Waals surface area contributed by atoms with E-state index in [1.54, 1.807) is 17.4 Å². The molecule has 1 aromatic carbocycles. The predicted octanol–water partition coefficient (Wildman–Crippen LogP) is 2.95. The van der Waals surface area contributed by atoms with Crippen LogP contribution in [0.25, 0.3) is 10.6 Å². The van der Waals surface area contributed by atoms with Crippen LogP contribution in [0.3, 0.4) is 0 Å². The highest BCUT2D eigenvalue weighted by atomic mass is 32.1. The quantitative estimate of drug-likeness (QED) is 0.688. The Morgan fingerprint density at radius 3 is 2.86 bits per heavy atom. The molecule has 0 aliphatic heterocycles. The number of para-hydroxylation sites is 1. The Hall–Kier alpha value is -2.60. The second-order valence-corrected chi connectivity index (χ2v) is 5.51. The molecule has 0 atom stereocenters. The van der Waals surface area contributed by atoms with E-state index in [1.807, 2.05) is 47.8 Å². The van der Waals surface area contributed by atoms with Crippen molar-refractivity contribution >= 4 is 17.2 Å². The normalized spacial score (nSPS) is 10.4. The summed E-state index contributed by atoms with van der Waals surface area (Å²) in [5.41, 5.74) is 1.23. The molecule has 112 valence electrons. The summed E-state index contributed by atoms with van der Waals surface area (Å²) in [6.45, 7) is 0.840. The van der Waals surface area contributed by atoms with Crippen LogP contribution in [0.15, 0.2) is 53.9 Å². The van der Waals surface area contributed by atoms with Gasteiger partial charge in [0, 0.05) is 0 Å². The number of carbonyl (C=O) groups excluding carboxylic acids is 1. The van der Waals surface area contributed by atoms with Gasteiger partial charge in [-0.2, -0.15) is 5.10 Å². The van der Waals surface area contributed by atoms with Gasteiger partial charge in [-0.3, -0.25) is 9.89 Å². The number of amides is 1. The van der Waals surface area contributed by atoms with Gasteiger partial charge in [0.25, 0.3) is 5.91 Å². The number of rotatable bonds is 6. The van der Waals surface area contributed by atoms with Gasteiger partial charge in [-0.05, 0) is 29.6 Å². The number of aromatic amines is 1. The van der Waals surface area contributed by atoms with E-state index < -0.39 is 0 Å². The third-order valence-electron chi connectivity index (χ3n) is 3.00. The van der Waals surface area contributed by atoms with E-state index in [0.717, 1.165) is 16.3 Å². The highest BCUT2D eigenvalue weighted by Gasteiger charge is 2.11. The number of benzene rings is 1. The summed E-state index contributed by atoms with van der Waals surface area (Å²) in [7, 11) is 0. The van der Waals surface area contributed by atoms with Gasteiger partial charge in [-0.15, -0.1) is 11.3 Å². The topological polar surface area (TPSA) is 67.0 Å². The second kappa shape index (κ2) is 6.91. The molecule has 6 heteroatoms. The Bertz CT molecular complexity index is 723. The van der Waals surface area contributed by atoms with Crippen LogP contribution in [0.1, 0.15) is 10.5 Å². The van der Waals surface area contributed by atoms with Gasteiger partial charge in [0.1, 0.15) is 12.4 Å². The zero-order chi connectivity index (χ0) is 15.2. The number of nitrogens with one attached hydrogen (secondary N) is 2. The molecule has 0 aliphatic carbocycles. The number of aromatic nitrogens is 2.